The van der Waals surface area contributed by atoms with Crippen LogP contribution in [0.1, 0.15) is 56.8 Å². The summed E-state index contributed by atoms with van der Waals surface area (Å²) in [7, 11) is 1.36. The molecule has 0 radical (unpaired) electrons. The molecule has 2 aliphatic rings. The highest BCUT2D eigenvalue weighted by Gasteiger charge is 2.37. The zero-order chi connectivity index (χ0) is 23.2. The van der Waals surface area contributed by atoms with Crippen LogP contribution in [-0.4, -0.2) is 33.1 Å². The van der Waals surface area contributed by atoms with E-state index in [-0.39, 0.29) is 6.79 Å². The first-order valence-corrected chi connectivity index (χ1v) is 11.4. The fraction of sp³-hybridized carbons (Fsp3) is 0.423. The molecule has 0 saturated carbocycles. The van der Waals surface area contributed by atoms with Crippen molar-refractivity contribution in [1.29, 1.82) is 0 Å². The summed E-state index contributed by atoms with van der Waals surface area (Å²) < 4.78 is 34.5. The molecule has 1 unspecified atom stereocenters. The molecule has 0 saturated heterocycles. The smallest absolute Gasteiger partial charge is 0.341 e. The molecule has 4 rings (SSSR count). The van der Waals surface area contributed by atoms with Crippen LogP contribution in [0.4, 0.5) is 0 Å². The fourth-order valence-electron chi connectivity index (χ4n) is 3.76. The molecule has 7 heteroatoms. The average molecular weight is 455 g/mol. The molecular formula is C26H30O7. The van der Waals surface area contributed by atoms with Gasteiger partial charge in [-0.05, 0) is 43.2 Å². The van der Waals surface area contributed by atoms with Gasteiger partial charge in [0.05, 0.1) is 25.9 Å². The summed E-state index contributed by atoms with van der Waals surface area (Å²) in [5.41, 5.74) is 1.73. The first-order chi connectivity index (χ1) is 16.2. The Balaban J connectivity index is 1.78. The van der Waals surface area contributed by atoms with Crippen molar-refractivity contribution in [3.8, 4) is 23.0 Å². The highest BCUT2D eigenvalue weighted by Crippen LogP contribution is 2.46. The highest BCUT2D eigenvalue weighted by atomic mass is 16.7. The van der Waals surface area contributed by atoms with E-state index in [1.807, 2.05) is 36.4 Å². The van der Waals surface area contributed by atoms with Crippen molar-refractivity contribution < 1.29 is 33.2 Å². The number of carbonyl (C=O) groups is 1. The van der Waals surface area contributed by atoms with Crippen molar-refractivity contribution in [2.45, 2.75) is 45.6 Å². The second kappa shape index (κ2) is 10.5. The predicted octanol–water partition coefficient (Wildman–Crippen LogP) is 5.43. The van der Waals surface area contributed by atoms with Gasteiger partial charge in [-0.15, -0.1) is 0 Å². The van der Waals surface area contributed by atoms with E-state index in [4.69, 9.17) is 28.4 Å². The Bertz CT molecular complexity index is 1030. The maximum Gasteiger partial charge on any atom is 0.341 e. The van der Waals surface area contributed by atoms with Crippen molar-refractivity contribution in [2.24, 2.45) is 0 Å². The molecule has 2 heterocycles. The van der Waals surface area contributed by atoms with Crippen molar-refractivity contribution >= 4 is 11.7 Å². The van der Waals surface area contributed by atoms with Crippen LogP contribution in [-0.2, 0) is 14.3 Å². The molecule has 7 nitrogen and oxygen atoms in total. The Morgan fingerprint density at radius 1 is 0.939 bits per heavy atom. The van der Waals surface area contributed by atoms with Crippen LogP contribution in [0, 0.1) is 0 Å². The van der Waals surface area contributed by atoms with Gasteiger partial charge in [-0.2, -0.15) is 0 Å². The van der Waals surface area contributed by atoms with Gasteiger partial charge in [0.15, 0.2) is 17.6 Å². The lowest BCUT2D eigenvalue weighted by molar-refractivity contribution is -0.137. The quantitative estimate of drug-likeness (QED) is 0.350. The van der Waals surface area contributed by atoms with Gasteiger partial charge in [0.1, 0.15) is 22.8 Å². The molecule has 33 heavy (non-hydrogen) atoms. The van der Waals surface area contributed by atoms with Crippen LogP contribution in [0.15, 0.2) is 42.0 Å². The van der Waals surface area contributed by atoms with Gasteiger partial charge >= 0.3 is 5.97 Å². The number of esters is 1. The van der Waals surface area contributed by atoms with Crippen molar-refractivity contribution in [3.63, 3.8) is 0 Å². The van der Waals surface area contributed by atoms with Gasteiger partial charge in [0, 0.05) is 5.56 Å². The van der Waals surface area contributed by atoms with Crippen LogP contribution < -0.4 is 18.9 Å². The molecule has 0 spiro atoms. The van der Waals surface area contributed by atoms with Crippen molar-refractivity contribution in [1.82, 2.24) is 0 Å². The lowest BCUT2D eigenvalue weighted by Gasteiger charge is -2.30. The summed E-state index contributed by atoms with van der Waals surface area (Å²) in [6, 6.07) is 11.1. The third-order valence-corrected chi connectivity index (χ3v) is 5.56. The molecule has 2 aliphatic heterocycles. The number of carbonyl (C=O) groups excluding carboxylic acids is 1. The van der Waals surface area contributed by atoms with Gasteiger partial charge in [0.25, 0.3) is 0 Å². The Morgan fingerprint density at radius 3 is 2.42 bits per heavy atom. The molecule has 2 aromatic rings. The van der Waals surface area contributed by atoms with Crippen LogP contribution in [0.25, 0.3) is 5.76 Å². The number of hydrogen-bond acceptors (Lipinski definition) is 7. The molecule has 0 bridgehead atoms. The molecule has 0 N–H and O–H groups in total. The Labute approximate surface area is 194 Å². The fourth-order valence-corrected chi connectivity index (χ4v) is 3.76. The first-order valence-electron chi connectivity index (χ1n) is 11.4. The Kier molecular flexibility index (Phi) is 7.27. The lowest BCUT2D eigenvalue weighted by atomic mass is 9.94. The predicted molar refractivity (Wildman–Crippen MR) is 123 cm³/mol. The largest absolute Gasteiger partial charge is 0.494 e. The van der Waals surface area contributed by atoms with Crippen molar-refractivity contribution in [3.05, 3.63) is 53.1 Å². The van der Waals surface area contributed by atoms with E-state index >= 15 is 0 Å². The number of hydrogen-bond donors (Lipinski definition) is 0. The number of fused-ring (bicyclic) bond motifs is 2. The lowest BCUT2D eigenvalue weighted by Crippen LogP contribution is -2.25. The van der Waals surface area contributed by atoms with E-state index in [0.717, 1.165) is 31.2 Å². The second-order valence-corrected chi connectivity index (χ2v) is 7.91. The highest BCUT2D eigenvalue weighted by molar-refractivity contribution is 5.99. The molecule has 1 atom stereocenters. The Hall–Kier alpha value is -3.35. The van der Waals surface area contributed by atoms with E-state index < -0.39 is 12.1 Å². The average Bonchev–Trinajstić information content (AvgIpc) is 3.31. The van der Waals surface area contributed by atoms with E-state index in [0.29, 0.717) is 53.1 Å². The van der Waals surface area contributed by atoms with Crippen LogP contribution in [0.3, 0.4) is 0 Å². The van der Waals surface area contributed by atoms with Gasteiger partial charge in [0.2, 0.25) is 6.79 Å². The van der Waals surface area contributed by atoms with Crippen LogP contribution >= 0.6 is 0 Å². The SMILES string of the molecule is CCCCOC1=C(C(=O)OC)C(c2ccc3c(c2)OCO3)Oc2ccc(OCCCC)cc21. The van der Waals surface area contributed by atoms with Gasteiger partial charge in [-0.1, -0.05) is 32.8 Å². The summed E-state index contributed by atoms with van der Waals surface area (Å²) in [5, 5.41) is 0. The maximum absolute atomic E-state index is 13.0. The molecular weight excluding hydrogens is 424 g/mol. The first kappa shape index (κ1) is 22.8. The van der Waals surface area contributed by atoms with Gasteiger partial charge < -0.3 is 28.4 Å². The topological polar surface area (TPSA) is 72.5 Å². The minimum Gasteiger partial charge on any atom is -0.494 e. The molecule has 2 aromatic carbocycles. The Morgan fingerprint density at radius 2 is 1.67 bits per heavy atom. The standard InChI is InChI=1S/C26H30O7/c1-4-6-12-29-18-9-11-20-19(15-18)25(30-13-7-5-2)23(26(27)28-3)24(33-20)17-8-10-21-22(14-17)32-16-31-21/h8-11,14-15,24H,4-7,12-13,16H2,1-3H3. The molecule has 176 valence electrons. The van der Waals surface area contributed by atoms with E-state index in [1.165, 1.54) is 7.11 Å². The van der Waals surface area contributed by atoms with Gasteiger partial charge in [-0.25, -0.2) is 4.79 Å². The number of methoxy groups -OCH3 is 1. The summed E-state index contributed by atoms with van der Waals surface area (Å²) in [5.74, 6) is 2.53. The molecule has 0 fully saturated rings. The molecule has 0 aliphatic carbocycles. The van der Waals surface area contributed by atoms with Crippen LogP contribution in [0.2, 0.25) is 0 Å². The third-order valence-electron chi connectivity index (χ3n) is 5.56. The van der Waals surface area contributed by atoms with Crippen molar-refractivity contribution in [2.75, 3.05) is 27.1 Å². The maximum atomic E-state index is 13.0. The zero-order valence-corrected chi connectivity index (χ0v) is 19.3. The van der Waals surface area contributed by atoms with E-state index in [1.54, 1.807) is 0 Å². The minimum absolute atomic E-state index is 0.166. The monoisotopic (exact) mass is 454 g/mol. The normalized spacial score (nSPS) is 16.2. The van der Waals surface area contributed by atoms with E-state index in [9.17, 15) is 4.79 Å². The number of rotatable bonds is 10. The molecule has 0 amide bonds. The van der Waals surface area contributed by atoms with Gasteiger partial charge in [-0.3, -0.25) is 0 Å². The summed E-state index contributed by atoms with van der Waals surface area (Å²) in [4.78, 5) is 13.0. The summed E-state index contributed by atoms with van der Waals surface area (Å²) in [6.07, 6.45) is 3.11. The second-order valence-electron chi connectivity index (χ2n) is 7.91. The molecule has 0 aromatic heterocycles. The number of ether oxygens (including phenoxy) is 6. The summed E-state index contributed by atoms with van der Waals surface area (Å²) in [6.45, 7) is 5.46. The number of benzene rings is 2. The minimum atomic E-state index is -0.720. The number of unbranched alkanes of at least 4 members (excludes halogenated alkanes) is 2. The van der Waals surface area contributed by atoms with E-state index in [2.05, 4.69) is 13.8 Å². The van der Waals surface area contributed by atoms with Crippen LogP contribution in [0.5, 0.6) is 23.0 Å². The zero-order valence-electron chi connectivity index (χ0n) is 19.3. The third kappa shape index (κ3) is 4.87. The summed E-state index contributed by atoms with van der Waals surface area (Å²) >= 11 is 0.